The molecular weight excluding hydrogens is 418 g/mol. The monoisotopic (exact) mass is 443 g/mol. The molecule has 0 saturated heterocycles. The molecule has 2 N–H and O–H groups in total. The van der Waals surface area contributed by atoms with Gasteiger partial charge in [0.05, 0.1) is 18.9 Å². The van der Waals surface area contributed by atoms with Gasteiger partial charge in [0.1, 0.15) is 5.75 Å². The van der Waals surface area contributed by atoms with Gasteiger partial charge in [-0.3, -0.25) is 4.79 Å². The van der Waals surface area contributed by atoms with Crippen LogP contribution in [0, 0.1) is 5.21 Å². The van der Waals surface area contributed by atoms with Crippen LogP contribution in [0.15, 0.2) is 72.9 Å². The lowest BCUT2D eigenvalue weighted by molar-refractivity contribution is -0.590. The predicted molar refractivity (Wildman–Crippen MR) is 126 cm³/mol. The molecule has 2 heterocycles. The number of benzene rings is 2. The first-order valence-electron chi connectivity index (χ1n) is 10.6. The summed E-state index contributed by atoms with van der Waals surface area (Å²) in [6.45, 7) is 4.18. The Morgan fingerprint density at radius 1 is 1.09 bits per heavy atom. The van der Waals surface area contributed by atoms with E-state index in [2.05, 4.69) is 24.5 Å². The fraction of sp³-hybridized carbons (Fsp3) is 0.192. The number of aromatic nitrogens is 1. The van der Waals surface area contributed by atoms with Gasteiger partial charge in [0.15, 0.2) is 5.78 Å². The maximum atomic E-state index is 13.0. The molecule has 0 atom stereocenters. The Kier molecular flexibility index (Phi) is 5.87. The van der Waals surface area contributed by atoms with Gasteiger partial charge >= 0.3 is 5.91 Å². The number of hydrogen-bond acceptors (Lipinski definition) is 5. The SMILES string of the molecule is COc1ccc2c(c1)/C(=C/C(=O)c1ccc(C(=O)Nc3cccc[n+]3[O-])cc1)NC(C)(C)C2. The van der Waals surface area contributed by atoms with Crippen molar-refractivity contribution in [3.8, 4) is 5.75 Å². The molecule has 0 saturated carbocycles. The third-order valence-corrected chi connectivity index (χ3v) is 5.49. The zero-order valence-corrected chi connectivity index (χ0v) is 18.7. The lowest BCUT2D eigenvalue weighted by Gasteiger charge is -2.35. The molecule has 168 valence electrons. The molecule has 1 aliphatic heterocycles. The van der Waals surface area contributed by atoms with E-state index in [1.165, 1.54) is 12.3 Å². The van der Waals surface area contributed by atoms with E-state index in [1.807, 2.05) is 18.2 Å². The van der Waals surface area contributed by atoms with Gasteiger partial charge in [-0.05, 0) is 56.2 Å². The smallest absolute Gasteiger partial charge is 0.339 e. The number of fused-ring (bicyclic) bond motifs is 1. The van der Waals surface area contributed by atoms with Crippen molar-refractivity contribution in [1.82, 2.24) is 5.32 Å². The number of methoxy groups -OCH3 is 1. The molecule has 0 aliphatic carbocycles. The second-order valence-electron chi connectivity index (χ2n) is 8.57. The van der Waals surface area contributed by atoms with Gasteiger partial charge in [-0.1, -0.05) is 24.3 Å². The highest BCUT2D eigenvalue weighted by Gasteiger charge is 2.28. The molecule has 2 aromatic carbocycles. The molecule has 7 heteroatoms. The molecule has 0 spiro atoms. The number of pyridine rings is 1. The van der Waals surface area contributed by atoms with Crippen LogP contribution in [0.2, 0.25) is 0 Å². The average Bonchev–Trinajstić information content (AvgIpc) is 2.79. The molecule has 4 rings (SSSR count). The third kappa shape index (κ3) is 4.87. The topological polar surface area (TPSA) is 94.4 Å². The van der Waals surface area contributed by atoms with Crippen molar-refractivity contribution in [3.63, 3.8) is 0 Å². The minimum atomic E-state index is -0.431. The zero-order valence-electron chi connectivity index (χ0n) is 18.7. The predicted octanol–water partition coefficient (Wildman–Crippen LogP) is 3.73. The highest BCUT2D eigenvalue weighted by atomic mass is 16.5. The van der Waals surface area contributed by atoms with Crippen molar-refractivity contribution in [2.45, 2.75) is 25.8 Å². The van der Waals surface area contributed by atoms with Crippen LogP contribution in [-0.2, 0) is 6.42 Å². The fourth-order valence-corrected chi connectivity index (χ4v) is 3.87. The van der Waals surface area contributed by atoms with Crippen molar-refractivity contribution in [2.24, 2.45) is 0 Å². The minimum absolute atomic E-state index is 0.132. The molecule has 0 unspecified atom stereocenters. The van der Waals surface area contributed by atoms with E-state index in [9.17, 15) is 14.8 Å². The van der Waals surface area contributed by atoms with Crippen LogP contribution in [0.1, 0.15) is 45.7 Å². The minimum Gasteiger partial charge on any atom is -0.711 e. The van der Waals surface area contributed by atoms with E-state index in [-0.39, 0.29) is 17.1 Å². The van der Waals surface area contributed by atoms with Gasteiger partial charge in [-0.25, -0.2) is 14.8 Å². The summed E-state index contributed by atoms with van der Waals surface area (Å²) in [4.78, 5) is 25.5. The Balaban J connectivity index is 1.56. The number of anilines is 1. The first kappa shape index (κ1) is 22.1. The Bertz CT molecular complexity index is 1250. The molecule has 7 nitrogen and oxygen atoms in total. The van der Waals surface area contributed by atoms with Gasteiger partial charge in [0.25, 0.3) is 5.82 Å². The summed E-state index contributed by atoms with van der Waals surface area (Å²) in [5.41, 5.74) is 3.40. The molecule has 3 aromatic rings. The van der Waals surface area contributed by atoms with Crippen LogP contribution in [0.4, 0.5) is 5.82 Å². The number of nitrogens with one attached hydrogen (secondary N) is 2. The summed E-state index contributed by atoms with van der Waals surface area (Å²) in [5, 5.41) is 17.7. The van der Waals surface area contributed by atoms with Crippen LogP contribution in [0.5, 0.6) is 5.75 Å². The van der Waals surface area contributed by atoms with Crippen molar-refractivity contribution in [1.29, 1.82) is 0 Å². The lowest BCUT2D eigenvalue weighted by Crippen LogP contribution is -2.43. The van der Waals surface area contributed by atoms with E-state index in [1.54, 1.807) is 49.6 Å². The van der Waals surface area contributed by atoms with E-state index in [0.717, 1.165) is 29.0 Å². The van der Waals surface area contributed by atoms with Gasteiger partial charge < -0.3 is 15.3 Å². The molecule has 1 amide bonds. The molecular formula is C26H25N3O4. The summed E-state index contributed by atoms with van der Waals surface area (Å²) >= 11 is 0. The standard InChI is InChI=1S/C26H25N3O4/c1-26(2)16-19-11-12-20(33-3)14-21(19)22(28-26)15-23(30)17-7-9-18(10-8-17)25(31)27-24-6-4-5-13-29(24)32/h4-15,28H,16H2,1-3H3,(H,27,31)/b22-15-. The summed E-state index contributed by atoms with van der Waals surface area (Å²) in [6.07, 6.45) is 3.71. The quantitative estimate of drug-likeness (QED) is 0.271. The molecule has 0 fully saturated rings. The molecule has 1 aromatic heterocycles. The second kappa shape index (κ2) is 8.78. The van der Waals surface area contributed by atoms with Crippen LogP contribution in [-0.4, -0.2) is 24.3 Å². The third-order valence-electron chi connectivity index (χ3n) is 5.49. The number of carbonyl (C=O) groups excluding carboxylic acids is 2. The number of hydrogen-bond donors (Lipinski definition) is 2. The van der Waals surface area contributed by atoms with Crippen molar-refractivity contribution < 1.29 is 19.1 Å². The summed E-state index contributed by atoms with van der Waals surface area (Å²) in [5.74, 6) is 0.241. The largest absolute Gasteiger partial charge is 0.711 e. The van der Waals surface area contributed by atoms with Crippen LogP contribution >= 0.6 is 0 Å². The first-order chi connectivity index (χ1) is 15.8. The van der Waals surface area contributed by atoms with E-state index >= 15 is 0 Å². The average molecular weight is 444 g/mol. The van der Waals surface area contributed by atoms with Gasteiger partial charge in [0.2, 0.25) is 0 Å². The fourth-order valence-electron chi connectivity index (χ4n) is 3.87. The zero-order chi connectivity index (χ0) is 23.6. The molecule has 33 heavy (non-hydrogen) atoms. The second-order valence-corrected chi connectivity index (χ2v) is 8.57. The molecule has 0 radical (unpaired) electrons. The van der Waals surface area contributed by atoms with Gasteiger partial charge in [0, 0.05) is 34.5 Å². The number of ether oxygens (including phenoxy) is 1. The highest BCUT2D eigenvalue weighted by Crippen LogP contribution is 2.32. The number of allylic oxidation sites excluding steroid dienone is 1. The highest BCUT2D eigenvalue weighted by molar-refractivity contribution is 6.09. The summed E-state index contributed by atoms with van der Waals surface area (Å²) < 4.78 is 5.93. The van der Waals surface area contributed by atoms with E-state index in [0.29, 0.717) is 15.9 Å². The number of rotatable bonds is 5. The number of ketones is 1. The normalized spacial score (nSPS) is 15.3. The van der Waals surface area contributed by atoms with Crippen molar-refractivity contribution in [2.75, 3.05) is 12.4 Å². The molecule has 1 aliphatic rings. The maximum Gasteiger partial charge on any atom is 0.339 e. The lowest BCUT2D eigenvalue weighted by atomic mass is 9.85. The van der Waals surface area contributed by atoms with Crippen molar-refractivity contribution >= 4 is 23.2 Å². The molecule has 0 bridgehead atoms. The number of amides is 1. The van der Waals surface area contributed by atoms with Crippen molar-refractivity contribution in [3.05, 3.63) is 100 Å². The van der Waals surface area contributed by atoms with Gasteiger partial charge in [-0.2, -0.15) is 0 Å². The Labute approximate surface area is 192 Å². The number of carbonyl (C=O) groups is 2. The van der Waals surface area contributed by atoms with Gasteiger partial charge in [-0.15, -0.1) is 0 Å². The van der Waals surface area contributed by atoms with Crippen LogP contribution < -0.4 is 20.1 Å². The Morgan fingerprint density at radius 3 is 2.52 bits per heavy atom. The Hall–Kier alpha value is -4.13. The first-order valence-corrected chi connectivity index (χ1v) is 10.6. The van der Waals surface area contributed by atoms with Crippen LogP contribution in [0.3, 0.4) is 0 Å². The maximum absolute atomic E-state index is 13.0. The summed E-state index contributed by atoms with van der Waals surface area (Å²) in [6, 6.07) is 17.0. The Morgan fingerprint density at radius 2 is 1.82 bits per heavy atom. The van der Waals surface area contributed by atoms with Crippen LogP contribution in [0.25, 0.3) is 5.70 Å². The summed E-state index contributed by atoms with van der Waals surface area (Å²) in [7, 11) is 1.61. The van der Waals surface area contributed by atoms with E-state index in [4.69, 9.17) is 4.74 Å². The number of nitrogens with zero attached hydrogens (tertiary/aromatic N) is 1. The van der Waals surface area contributed by atoms with E-state index < -0.39 is 5.91 Å².